The van der Waals surface area contributed by atoms with E-state index in [9.17, 15) is 14.4 Å². The Labute approximate surface area is 152 Å². The molecule has 3 aliphatic heterocycles. The van der Waals surface area contributed by atoms with Crippen molar-refractivity contribution in [3.8, 4) is 0 Å². The highest BCUT2D eigenvalue weighted by Crippen LogP contribution is 2.29. The summed E-state index contributed by atoms with van der Waals surface area (Å²) in [6.07, 6.45) is 3.55. The fourth-order valence-corrected chi connectivity index (χ4v) is 4.32. The average molecular weight is 353 g/mol. The first kappa shape index (κ1) is 17.0. The summed E-state index contributed by atoms with van der Waals surface area (Å²) in [5, 5.41) is 3.43. The zero-order chi connectivity index (χ0) is 18.3. The quantitative estimate of drug-likeness (QED) is 0.661. The van der Waals surface area contributed by atoms with E-state index in [-0.39, 0.29) is 24.3 Å². The Morgan fingerprint density at radius 3 is 2.42 bits per heavy atom. The predicted molar refractivity (Wildman–Crippen MR) is 97.0 cm³/mol. The van der Waals surface area contributed by atoms with Crippen LogP contribution in [0.3, 0.4) is 0 Å². The lowest BCUT2D eigenvalue weighted by Gasteiger charge is -2.21. The topological polar surface area (TPSA) is 69.7 Å². The Hall–Kier alpha value is -2.47. The molecule has 0 aromatic heterocycles. The van der Waals surface area contributed by atoms with Crippen molar-refractivity contribution in [1.82, 2.24) is 15.1 Å². The van der Waals surface area contributed by atoms with Crippen LogP contribution in [-0.2, 0) is 0 Å². The van der Waals surface area contributed by atoms with Crippen molar-refractivity contribution in [2.75, 3.05) is 32.7 Å². The van der Waals surface area contributed by atoms with Gasteiger partial charge >= 0.3 is 0 Å². The van der Waals surface area contributed by atoms with Gasteiger partial charge in [-0.3, -0.25) is 19.3 Å². The van der Waals surface area contributed by atoms with E-state index in [1.54, 1.807) is 18.2 Å². The largest absolute Gasteiger partial charge is 0.339 e. The monoisotopic (exact) mass is 353 g/mol. The van der Waals surface area contributed by atoms with E-state index in [0.717, 1.165) is 43.9 Å². The van der Waals surface area contributed by atoms with Crippen LogP contribution in [0, 0.1) is 11.8 Å². The number of hydrogen-bond acceptors (Lipinski definition) is 4. The van der Waals surface area contributed by atoms with Crippen molar-refractivity contribution >= 4 is 17.7 Å². The van der Waals surface area contributed by atoms with E-state index < -0.39 is 0 Å². The maximum Gasteiger partial charge on any atom is 0.261 e. The summed E-state index contributed by atoms with van der Waals surface area (Å²) in [6.45, 7) is 7.34. The Balaban J connectivity index is 1.54. The highest BCUT2D eigenvalue weighted by atomic mass is 16.2. The maximum atomic E-state index is 13.0. The number of carbonyl (C=O) groups is 3. The van der Waals surface area contributed by atoms with Crippen LogP contribution < -0.4 is 5.32 Å². The molecule has 2 atom stereocenters. The smallest absolute Gasteiger partial charge is 0.261 e. The van der Waals surface area contributed by atoms with Gasteiger partial charge in [-0.05, 0) is 56.0 Å². The molecular weight excluding hydrogens is 330 g/mol. The van der Waals surface area contributed by atoms with Crippen molar-refractivity contribution in [3.63, 3.8) is 0 Å². The molecule has 0 aliphatic carbocycles. The highest BCUT2D eigenvalue weighted by molar-refractivity contribution is 6.22. The molecule has 136 valence electrons. The van der Waals surface area contributed by atoms with Crippen LogP contribution in [-0.4, -0.2) is 60.2 Å². The number of benzene rings is 1. The minimum absolute atomic E-state index is 0.0526. The number of nitrogens with one attached hydrogen (secondary N) is 1. The number of nitrogens with zero attached hydrogens (tertiary/aromatic N) is 2. The van der Waals surface area contributed by atoms with Crippen LogP contribution in [0.5, 0.6) is 0 Å². The zero-order valence-electron chi connectivity index (χ0n) is 14.7. The summed E-state index contributed by atoms with van der Waals surface area (Å²) in [7, 11) is 0. The number of likely N-dealkylation sites (tertiary alicyclic amines) is 1. The number of amides is 3. The van der Waals surface area contributed by atoms with Gasteiger partial charge < -0.3 is 10.2 Å². The lowest BCUT2D eigenvalue weighted by molar-refractivity contribution is 0.0671. The summed E-state index contributed by atoms with van der Waals surface area (Å²) in [5.41, 5.74) is 1.17. The van der Waals surface area contributed by atoms with Crippen LogP contribution in [0.4, 0.5) is 0 Å². The molecule has 6 heteroatoms. The Kier molecular flexibility index (Phi) is 4.36. The molecule has 2 fully saturated rings. The number of rotatable bonds is 3. The van der Waals surface area contributed by atoms with Gasteiger partial charge in [0.15, 0.2) is 0 Å². The molecule has 3 heterocycles. The van der Waals surface area contributed by atoms with Crippen molar-refractivity contribution in [1.29, 1.82) is 0 Å². The fraction of sp³-hybridized carbons (Fsp3) is 0.450. The molecule has 3 amide bonds. The molecule has 0 spiro atoms. The number of fused-ring (bicyclic) bond motifs is 2. The molecule has 0 bridgehead atoms. The van der Waals surface area contributed by atoms with Crippen LogP contribution >= 0.6 is 0 Å². The van der Waals surface area contributed by atoms with Gasteiger partial charge in [-0.2, -0.15) is 0 Å². The van der Waals surface area contributed by atoms with Crippen LogP contribution in [0.1, 0.15) is 43.9 Å². The van der Waals surface area contributed by atoms with Gasteiger partial charge in [0, 0.05) is 25.2 Å². The van der Waals surface area contributed by atoms with Gasteiger partial charge in [-0.25, -0.2) is 0 Å². The SMILES string of the molecule is C=CCN1C(=O)c2ccc(C(=O)N3CC[C@@H]4CNC[C@@H]4CC3)cc2C1=O. The van der Waals surface area contributed by atoms with Crippen LogP contribution in [0.15, 0.2) is 30.9 Å². The molecular formula is C20H23N3O3. The van der Waals surface area contributed by atoms with Crippen molar-refractivity contribution in [2.45, 2.75) is 12.8 Å². The Bertz CT molecular complexity index is 775. The van der Waals surface area contributed by atoms with E-state index in [2.05, 4.69) is 11.9 Å². The molecule has 0 radical (unpaired) electrons. The first-order valence-corrected chi connectivity index (χ1v) is 9.21. The molecule has 2 saturated heterocycles. The maximum absolute atomic E-state index is 13.0. The van der Waals surface area contributed by atoms with Crippen molar-refractivity contribution in [2.24, 2.45) is 11.8 Å². The summed E-state index contributed by atoms with van der Waals surface area (Å²) in [6, 6.07) is 4.84. The molecule has 0 saturated carbocycles. The summed E-state index contributed by atoms with van der Waals surface area (Å²) < 4.78 is 0. The van der Waals surface area contributed by atoms with Gasteiger partial charge in [0.1, 0.15) is 0 Å². The van der Waals surface area contributed by atoms with Gasteiger partial charge in [-0.1, -0.05) is 6.08 Å². The lowest BCUT2D eigenvalue weighted by Crippen LogP contribution is -2.33. The predicted octanol–water partition coefficient (Wildman–Crippen LogP) is 1.54. The standard InChI is InChI=1S/C20H23N3O3/c1-2-7-23-19(25)16-4-3-13(10-17(16)20(23)26)18(24)22-8-5-14-11-21-12-15(14)6-9-22/h2-4,10,14-15,21H,1,5-9,11-12H2/t14-,15+. The molecule has 1 N–H and O–H groups in total. The molecule has 1 aromatic rings. The molecule has 3 aliphatic rings. The van der Waals surface area contributed by atoms with E-state index in [1.165, 1.54) is 6.08 Å². The summed E-state index contributed by atoms with van der Waals surface area (Å²) in [5.74, 6) is 0.581. The number of carbonyl (C=O) groups excluding carboxylic acids is 3. The van der Waals surface area contributed by atoms with Crippen LogP contribution in [0.2, 0.25) is 0 Å². The van der Waals surface area contributed by atoms with E-state index in [4.69, 9.17) is 0 Å². The van der Waals surface area contributed by atoms with E-state index in [1.807, 2.05) is 4.90 Å². The first-order chi connectivity index (χ1) is 12.6. The second-order valence-electron chi connectivity index (χ2n) is 7.32. The van der Waals surface area contributed by atoms with Gasteiger partial charge in [0.25, 0.3) is 17.7 Å². The number of hydrogen-bond donors (Lipinski definition) is 1. The summed E-state index contributed by atoms with van der Waals surface area (Å²) >= 11 is 0. The third-order valence-corrected chi connectivity index (χ3v) is 5.84. The third kappa shape index (κ3) is 2.74. The normalized spacial score (nSPS) is 25.1. The average Bonchev–Trinajstić information content (AvgIpc) is 3.12. The minimum atomic E-state index is -0.351. The molecule has 6 nitrogen and oxygen atoms in total. The summed E-state index contributed by atoms with van der Waals surface area (Å²) in [4.78, 5) is 40.8. The third-order valence-electron chi connectivity index (χ3n) is 5.84. The molecule has 4 rings (SSSR count). The second-order valence-corrected chi connectivity index (χ2v) is 7.32. The minimum Gasteiger partial charge on any atom is -0.339 e. The van der Waals surface area contributed by atoms with Gasteiger partial charge in [0.2, 0.25) is 0 Å². The highest BCUT2D eigenvalue weighted by Gasteiger charge is 2.36. The number of imide groups is 1. The molecule has 1 aromatic carbocycles. The first-order valence-electron chi connectivity index (χ1n) is 9.21. The lowest BCUT2D eigenvalue weighted by atomic mass is 9.92. The Morgan fingerprint density at radius 1 is 1.12 bits per heavy atom. The fourth-order valence-electron chi connectivity index (χ4n) is 4.32. The van der Waals surface area contributed by atoms with Crippen molar-refractivity contribution < 1.29 is 14.4 Å². The zero-order valence-corrected chi connectivity index (χ0v) is 14.7. The van der Waals surface area contributed by atoms with Gasteiger partial charge in [-0.15, -0.1) is 6.58 Å². The van der Waals surface area contributed by atoms with Crippen LogP contribution in [0.25, 0.3) is 0 Å². The van der Waals surface area contributed by atoms with E-state index in [0.29, 0.717) is 28.5 Å². The second kappa shape index (κ2) is 6.68. The van der Waals surface area contributed by atoms with Crippen molar-refractivity contribution in [3.05, 3.63) is 47.5 Å². The van der Waals surface area contributed by atoms with Gasteiger partial charge in [0.05, 0.1) is 11.1 Å². The molecule has 0 unspecified atom stereocenters. The van der Waals surface area contributed by atoms with E-state index >= 15 is 0 Å². The Morgan fingerprint density at radius 2 is 1.77 bits per heavy atom. The molecule has 26 heavy (non-hydrogen) atoms.